The predicted molar refractivity (Wildman–Crippen MR) is 128 cm³/mol. The highest BCUT2D eigenvalue weighted by Gasteiger charge is 2.35. The molecule has 1 aliphatic rings. The second kappa shape index (κ2) is 9.59. The molecular formula is C27H24ClN3O2. The number of rotatable bonds is 8. The zero-order chi connectivity index (χ0) is 22.6. The first kappa shape index (κ1) is 21.4. The molecule has 0 aliphatic heterocycles. The number of halogens is 1. The van der Waals surface area contributed by atoms with Gasteiger partial charge in [0, 0.05) is 29.0 Å². The van der Waals surface area contributed by atoms with Crippen LogP contribution in [0.5, 0.6) is 0 Å². The maximum Gasteiger partial charge on any atom is 0.247 e. The van der Waals surface area contributed by atoms with E-state index in [2.05, 4.69) is 34.5 Å². The van der Waals surface area contributed by atoms with E-state index in [0.29, 0.717) is 29.8 Å². The number of aromatic nitrogens is 2. The molecule has 1 fully saturated rings. The minimum Gasteiger partial charge on any atom is -0.419 e. The third-order valence-corrected chi connectivity index (χ3v) is 6.21. The Morgan fingerprint density at radius 3 is 2.09 bits per heavy atom. The average Bonchev–Trinajstić information content (AvgIpc) is 3.59. The number of carbonyl (C=O) groups is 1. The summed E-state index contributed by atoms with van der Waals surface area (Å²) in [5, 5.41) is 9.01. The van der Waals surface area contributed by atoms with E-state index in [1.54, 1.807) is 12.1 Å². The average molecular weight is 458 g/mol. The number of hydrogen-bond acceptors (Lipinski definition) is 4. The molecular weight excluding hydrogens is 434 g/mol. The second-order valence-electron chi connectivity index (χ2n) is 8.34. The van der Waals surface area contributed by atoms with Crippen molar-refractivity contribution in [3.63, 3.8) is 0 Å². The van der Waals surface area contributed by atoms with Gasteiger partial charge in [-0.25, -0.2) is 0 Å². The van der Waals surface area contributed by atoms with Crippen LogP contribution in [-0.4, -0.2) is 27.0 Å². The molecule has 0 N–H and O–H groups in total. The third kappa shape index (κ3) is 5.15. The Hall–Kier alpha value is -3.44. The molecule has 4 aromatic rings. The summed E-state index contributed by atoms with van der Waals surface area (Å²) in [6.45, 7) is 0.320. The van der Waals surface area contributed by atoms with Crippen molar-refractivity contribution in [2.24, 2.45) is 0 Å². The lowest BCUT2D eigenvalue weighted by Gasteiger charge is -2.24. The summed E-state index contributed by atoms with van der Waals surface area (Å²) in [6, 6.07) is 27.9. The van der Waals surface area contributed by atoms with Crippen molar-refractivity contribution >= 4 is 17.5 Å². The molecule has 1 heterocycles. The Labute approximate surface area is 198 Å². The van der Waals surface area contributed by atoms with Crippen molar-refractivity contribution in [3.8, 4) is 11.5 Å². The summed E-state index contributed by atoms with van der Waals surface area (Å²) >= 11 is 5.97. The molecule has 33 heavy (non-hydrogen) atoms. The van der Waals surface area contributed by atoms with Crippen LogP contribution in [0.2, 0.25) is 5.02 Å². The number of hydrogen-bond donors (Lipinski definition) is 0. The molecule has 166 valence electrons. The smallest absolute Gasteiger partial charge is 0.247 e. The van der Waals surface area contributed by atoms with E-state index in [4.69, 9.17) is 16.0 Å². The molecule has 0 bridgehead atoms. The van der Waals surface area contributed by atoms with E-state index >= 15 is 0 Å². The Kier molecular flexibility index (Phi) is 6.22. The van der Waals surface area contributed by atoms with Crippen LogP contribution in [0, 0.1) is 0 Å². The number of carbonyl (C=O) groups excluding carboxylic acids is 1. The molecule has 1 saturated carbocycles. The van der Waals surface area contributed by atoms with E-state index in [9.17, 15) is 4.79 Å². The standard InChI is InChI=1S/C27H24ClN3O2/c28-22-13-11-21(12-14-22)27-30-29-25(33-27)18-31(23-15-16-23)26(32)17-24(19-7-3-1-4-8-19)20-9-5-2-6-10-20/h1-14,23-24H,15-18H2. The van der Waals surface area contributed by atoms with E-state index in [-0.39, 0.29) is 17.9 Å². The molecule has 0 saturated heterocycles. The van der Waals surface area contributed by atoms with Crippen molar-refractivity contribution in [1.82, 2.24) is 15.1 Å². The summed E-state index contributed by atoms with van der Waals surface area (Å²) in [7, 11) is 0. The summed E-state index contributed by atoms with van der Waals surface area (Å²) in [5.74, 6) is 0.961. The van der Waals surface area contributed by atoms with Crippen LogP contribution < -0.4 is 0 Å². The first-order valence-electron chi connectivity index (χ1n) is 11.1. The summed E-state index contributed by atoms with van der Waals surface area (Å²) in [4.78, 5) is 15.4. The summed E-state index contributed by atoms with van der Waals surface area (Å²) in [5.41, 5.74) is 3.07. The van der Waals surface area contributed by atoms with Crippen LogP contribution in [0.1, 0.15) is 42.2 Å². The van der Waals surface area contributed by atoms with Gasteiger partial charge in [0.25, 0.3) is 0 Å². The van der Waals surface area contributed by atoms with Crippen LogP contribution in [-0.2, 0) is 11.3 Å². The molecule has 0 unspecified atom stereocenters. The molecule has 1 aromatic heterocycles. The van der Waals surface area contributed by atoms with Crippen molar-refractivity contribution in [2.75, 3.05) is 0 Å². The molecule has 5 rings (SSSR count). The van der Waals surface area contributed by atoms with Crippen molar-refractivity contribution in [3.05, 3.63) is 107 Å². The normalized spacial score (nSPS) is 13.3. The zero-order valence-corrected chi connectivity index (χ0v) is 18.9. The topological polar surface area (TPSA) is 59.2 Å². The van der Waals surface area contributed by atoms with Gasteiger partial charge in [-0.15, -0.1) is 10.2 Å². The largest absolute Gasteiger partial charge is 0.419 e. The second-order valence-corrected chi connectivity index (χ2v) is 8.78. The molecule has 5 nitrogen and oxygen atoms in total. The van der Waals surface area contributed by atoms with Gasteiger partial charge in [0.2, 0.25) is 17.7 Å². The lowest BCUT2D eigenvalue weighted by molar-refractivity contribution is -0.133. The fourth-order valence-corrected chi connectivity index (χ4v) is 4.20. The molecule has 1 aliphatic carbocycles. The molecule has 6 heteroatoms. The molecule has 0 radical (unpaired) electrons. The fourth-order valence-electron chi connectivity index (χ4n) is 4.07. The minimum atomic E-state index is -0.00605. The minimum absolute atomic E-state index is 0.00605. The quantitative estimate of drug-likeness (QED) is 0.320. The third-order valence-electron chi connectivity index (χ3n) is 5.95. The van der Waals surface area contributed by atoms with E-state index in [0.717, 1.165) is 29.5 Å². The zero-order valence-electron chi connectivity index (χ0n) is 18.1. The van der Waals surface area contributed by atoms with Crippen molar-refractivity contribution in [1.29, 1.82) is 0 Å². The number of amides is 1. The van der Waals surface area contributed by atoms with Crippen molar-refractivity contribution in [2.45, 2.75) is 37.8 Å². The highest BCUT2D eigenvalue weighted by Crippen LogP contribution is 2.33. The van der Waals surface area contributed by atoms with Gasteiger partial charge in [-0.05, 0) is 48.2 Å². The van der Waals surface area contributed by atoms with Gasteiger partial charge >= 0.3 is 0 Å². The highest BCUT2D eigenvalue weighted by atomic mass is 35.5. The van der Waals surface area contributed by atoms with Gasteiger partial charge in [-0.1, -0.05) is 72.3 Å². The Balaban J connectivity index is 1.35. The van der Waals surface area contributed by atoms with E-state index in [1.165, 1.54) is 0 Å². The first-order chi connectivity index (χ1) is 16.2. The van der Waals surface area contributed by atoms with Gasteiger partial charge in [-0.2, -0.15) is 0 Å². The maximum absolute atomic E-state index is 13.5. The Morgan fingerprint density at radius 1 is 0.909 bits per heavy atom. The molecule has 0 spiro atoms. The summed E-state index contributed by atoms with van der Waals surface area (Å²) < 4.78 is 5.88. The van der Waals surface area contributed by atoms with E-state index < -0.39 is 0 Å². The monoisotopic (exact) mass is 457 g/mol. The van der Waals surface area contributed by atoms with Crippen LogP contribution in [0.15, 0.2) is 89.3 Å². The van der Waals surface area contributed by atoms with E-state index in [1.807, 2.05) is 53.4 Å². The Morgan fingerprint density at radius 2 is 1.52 bits per heavy atom. The SMILES string of the molecule is O=C(CC(c1ccccc1)c1ccccc1)N(Cc1nnc(-c2ccc(Cl)cc2)o1)C1CC1. The molecule has 3 aromatic carbocycles. The van der Waals surface area contributed by atoms with Gasteiger partial charge in [0.15, 0.2) is 0 Å². The van der Waals surface area contributed by atoms with Gasteiger partial charge in [-0.3, -0.25) is 4.79 Å². The van der Waals surface area contributed by atoms with Gasteiger partial charge in [0.1, 0.15) is 0 Å². The first-order valence-corrected chi connectivity index (χ1v) is 11.5. The molecule has 1 amide bonds. The lowest BCUT2D eigenvalue weighted by Crippen LogP contribution is -2.33. The van der Waals surface area contributed by atoms with Gasteiger partial charge < -0.3 is 9.32 Å². The van der Waals surface area contributed by atoms with Gasteiger partial charge in [0.05, 0.1) is 6.54 Å². The number of nitrogens with zero attached hydrogens (tertiary/aromatic N) is 3. The van der Waals surface area contributed by atoms with Crippen LogP contribution in [0.3, 0.4) is 0 Å². The molecule has 0 atom stereocenters. The highest BCUT2D eigenvalue weighted by molar-refractivity contribution is 6.30. The number of benzene rings is 3. The summed E-state index contributed by atoms with van der Waals surface area (Å²) in [6.07, 6.45) is 2.40. The lowest BCUT2D eigenvalue weighted by atomic mass is 9.88. The van der Waals surface area contributed by atoms with Crippen LogP contribution in [0.25, 0.3) is 11.5 Å². The maximum atomic E-state index is 13.5. The van der Waals surface area contributed by atoms with Crippen LogP contribution >= 0.6 is 11.6 Å². The fraction of sp³-hybridized carbons (Fsp3) is 0.222. The Bertz CT molecular complexity index is 1170. The van der Waals surface area contributed by atoms with Crippen LogP contribution in [0.4, 0.5) is 0 Å². The van der Waals surface area contributed by atoms with Crippen molar-refractivity contribution < 1.29 is 9.21 Å². The predicted octanol–water partition coefficient (Wildman–Crippen LogP) is 6.10.